The fourth-order valence-electron chi connectivity index (χ4n) is 8.91. The van der Waals surface area contributed by atoms with Gasteiger partial charge >= 0.3 is 11.9 Å². The molecule has 10 N–H and O–H groups in total. The maximum absolute atomic E-state index is 13.5. The van der Waals surface area contributed by atoms with Gasteiger partial charge in [0.1, 0.15) is 68.9 Å². The second-order valence-corrected chi connectivity index (χ2v) is 22.9. The van der Waals surface area contributed by atoms with E-state index in [-0.39, 0.29) is 68.2 Å². The summed E-state index contributed by atoms with van der Waals surface area (Å²) in [5.41, 5.74) is 0.835. The highest BCUT2D eigenvalue weighted by molar-refractivity contribution is 8.01. The Hall–Kier alpha value is -9.28. The number of pyridine rings is 2. The van der Waals surface area contributed by atoms with E-state index in [0.717, 1.165) is 9.80 Å². The third-order valence-corrected chi connectivity index (χ3v) is 18.0. The number of aromatic nitrogens is 10. The molecule has 4 aliphatic heterocycles. The molecule has 30 nitrogen and oxygen atoms in total. The number of hydrogen-bond donors (Lipinski definition) is 10. The zero-order chi connectivity index (χ0) is 60.3. The molecule has 436 valence electrons. The lowest BCUT2D eigenvalue weighted by molar-refractivity contribution is -0.151. The molecule has 6 amide bonds. The number of rotatable bonds is 18. The van der Waals surface area contributed by atoms with Gasteiger partial charge < -0.3 is 51.7 Å². The monoisotopic (exact) mass is 1220 g/mol. The Morgan fingerprint density at radius 3 is 1.31 bits per heavy atom. The van der Waals surface area contributed by atoms with Crippen LogP contribution in [0.2, 0.25) is 0 Å². The Balaban J connectivity index is 0.000000202. The van der Waals surface area contributed by atoms with Crippen molar-refractivity contribution in [2.45, 2.75) is 59.1 Å². The van der Waals surface area contributed by atoms with Gasteiger partial charge in [0.2, 0.25) is 22.1 Å². The van der Waals surface area contributed by atoms with Crippen LogP contribution < -0.4 is 32.1 Å². The van der Waals surface area contributed by atoms with Crippen LogP contribution in [0.4, 0.5) is 0 Å². The Labute approximate surface area is 489 Å². The second kappa shape index (κ2) is 25.1. The first-order chi connectivity index (χ1) is 40.1. The minimum absolute atomic E-state index is 0.0694. The highest BCUT2D eigenvalue weighted by Crippen LogP contribution is 2.43. The number of phenols is 2. The Morgan fingerprint density at radius 2 is 0.988 bits per heavy atom. The number of carboxylic acid groups (broad SMARTS) is 2. The molecule has 0 aliphatic carbocycles. The number of H-pyrrole nitrogens is 2. The van der Waals surface area contributed by atoms with E-state index in [0.29, 0.717) is 32.8 Å². The standard InChI is InChI=1S/2C25H24N8O7S2/c2*1-11-7-16(35)15(8-26-11)20(36)27-17(12-3-5-14(34)6-4-12)21(37)28-18-22(38)33-19(24(39)40)13(9-41-23(18)33)10-42-25-29-30-31-32(25)2/h2*3-8,17-18,23,34H,9-10H2,1-2H3,(H,26,35)(H,27,36)(H,28,37)(H,39,40)/t2*17-,18-,23-/m11/s1. The number of thioether (sulfide) groups is 4. The van der Waals surface area contributed by atoms with Gasteiger partial charge in [-0.25, -0.2) is 19.0 Å². The average molecular weight is 1230 g/mol. The molecule has 10 rings (SSSR count). The summed E-state index contributed by atoms with van der Waals surface area (Å²) in [6.45, 7) is 3.31. The predicted octanol–water partition coefficient (Wildman–Crippen LogP) is -0.171. The molecule has 0 saturated carbocycles. The summed E-state index contributed by atoms with van der Waals surface area (Å²) >= 11 is 5.05. The fraction of sp³-hybridized carbons (Fsp3) is 0.280. The molecule has 2 fully saturated rings. The van der Waals surface area contributed by atoms with Crippen molar-refractivity contribution < 1.29 is 58.8 Å². The summed E-state index contributed by atoms with van der Waals surface area (Å²) in [5, 5.41) is 71.5. The number of amides is 6. The average Bonchev–Trinajstić information content (AvgIpc) is 1.04. The molecule has 34 heteroatoms. The second-order valence-electron chi connectivity index (χ2n) is 18.8. The number of carboxylic acids is 2. The number of carbonyl (C=O) groups excluding carboxylic acids is 6. The summed E-state index contributed by atoms with van der Waals surface area (Å²) in [6.07, 6.45) is 2.47. The van der Waals surface area contributed by atoms with Crippen LogP contribution in [0.25, 0.3) is 0 Å². The van der Waals surface area contributed by atoms with Crippen LogP contribution in [-0.2, 0) is 42.9 Å². The fourth-order valence-corrected chi connectivity index (χ4v) is 13.6. The number of hydrogen-bond acceptors (Lipinski definition) is 22. The van der Waals surface area contributed by atoms with Crippen molar-refractivity contribution in [3.63, 3.8) is 0 Å². The molecule has 4 aromatic heterocycles. The number of carbonyl (C=O) groups is 8. The quantitative estimate of drug-likeness (QED) is 0.0394. The van der Waals surface area contributed by atoms with E-state index >= 15 is 0 Å². The zero-order valence-corrected chi connectivity index (χ0v) is 47.5. The maximum atomic E-state index is 13.5. The van der Waals surface area contributed by atoms with Crippen molar-refractivity contribution >= 4 is 94.4 Å². The molecule has 0 unspecified atom stereocenters. The number of aromatic hydroxyl groups is 2. The lowest BCUT2D eigenvalue weighted by Gasteiger charge is -2.49. The lowest BCUT2D eigenvalue weighted by Crippen LogP contribution is -2.71. The van der Waals surface area contributed by atoms with Gasteiger partial charge in [0.25, 0.3) is 23.6 Å². The normalized spacial score (nSPS) is 18.6. The van der Waals surface area contributed by atoms with Crippen molar-refractivity contribution in [1.29, 1.82) is 0 Å². The first-order valence-corrected chi connectivity index (χ1v) is 28.9. The highest BCUT2D eigenvalue weighted by Gasteiger charge is 2.56. The Bertz CT molecular complexity index is 3580. The van der Waals surface area contributed by atoms with Gasteiger partial charge in [-0.15, -0.1) is 33.7 Å². The molecule has 0 spiro atoms. The van der Waals surface area contributed by atoms with Gasteiger partial charge in [-0.3, -0.25) is 48.2 Å². The number of benzene rings is 2. The summed E-state index contributed by atoms with van der Waals surface area (Å²) in [6, 6.07) is 8.69. The van der Waals surface area contributed by atoms with Crippen LogP contribution >= 0.6 is 47.0 Å². The number of tetrazole rings is 2. The minimum Gasteiger partial charge on any atom is -0.508 e. The van der Waals surface area contributed by atoms with Crippen LogP contribution in [0.5, 0.6) is 11.5 Å². The molecule has 6 aromatic rings. The SMILES string of the molecule is Cc1cc(=O)c(C(=O)N[C@@H](C(=O)N[C@@H]2C(=O)N3C(C(=O)O)=C(CSc4nnnn4C)CS[C@H]23)c2ccc(O)cc2)c[nH]1.Cc1cc(=O)c(C(=O)N[C@@H](C(=O)N[C@@H]2C(=O)N3C(C(=O)O)=C(CSc4nnnn4C)CS[C@H]23)c2ccc(O)cc2)c[nH]1. The smallest absolute Gasteiger partial charge is 0.352 e. The van der Waals surface area contributed by atoms with E-state index in [4.69, 9.17) is 0 Å². The molecule has 84 heavy (non-hydrogen) atoms. The lowest BCUT2D eigenvalue weighted by atomic mass is 10.0. The molecule has 0 bridgehead atoms. The Kier molecular flexibility index (Phi) is 17.7. The van der Waals surface area contributed by atoms with Gasteiger partial charge in [-0.2, -0.15) is 0 Å². The summed E-state index contributed by atoms with van der Waals surface area (Å²) < 4.78 is 2.89. The van der Waals surface area contributed by atoms with Crippen LogP contribution in [-0.4, -0.2) is 174 Å². The molecule has 8 heterocycles. The molecule has 6 atom stereocenters. The minimum atomic E-state index is -1.34. The molecule has 2 aromatic carbocycles. The van der Waals surface area contributed by atoms with E-state index in [1.165, 1.54) is 129 Å². The number of β-lactam (4-membered cyclic amide) rings is 2. The number of aryl methyl sites for hydroxylation is 4. The number of nitrogens with one attached hydrogen (secondary N) is 6. The molecular weight excluding hydrogens is 1180 g/mol. The summed E-state index contributed by atoms with van der Waals surface area (Å²) in [4.78, 5) is 136. The topological polar surface area (TPSA) is 425 Å². The number of nitrogens with zero attached hydrogens (tertiary/aromatic N) is 10. The van der Waals surface area contributed by atoms with Crippen LogP contribution in [0.1, 0.15) is 55.3 Å². The molecule has 4 aliphatic rings. The van der Waals surface area contributed by atoms with Crippen LogP contribution in [0.3, 0.4) is 0 Å². The van der Waals surface area contributed by atoms with Crippen molar-refractivity contribution in [3.05, 3.63) is 150 Å². The van der Waals surface area contributed by atoms with E-state index in [1.807, 2.05) is 0 Å². The zero-order valence-electron chi connectivity index (χ0n) is 44.2. The van der Waals surface area contributed by atoms with E-state index < -0.39 is 93.2 Å². The summed E-state index contributed by atoms with van der Waals surface area (Å²) in [5.74, 6) is -6.04. The van der Waals surface area contributed by atoms with Gasteiger partial charge in [0.15, 0.2) is 10.9 Å². The summed E-state index contributed by atoms with van der Waals surface area (Å²) in [7, 11) is 3.30. The first-order valence-electron chi connectivity index (χ1n) is 24.8. The third-order valence-electron chi connectivity index (χ3n) is 13.1. The molecule has 0 radical (unpaired) electrons. The van der Waals surface area contributed by atoms with Crippen molar-refractivity contribution in [2.75, 3.05) is 23.0 Å². The maximum Gasteiger partial charge on any atom is 0.352 e. The van der Waals surface area contributed by atoms with Gasteiger partial charge in [-0.1, -0.05) is 47.8 Å². The van der Waals surface area contributed by atoms with Crippen molar-refractivity contribution in [2.24, 2.45) is 14.1 Å². The van der Waals surface area contributed by atoms with E-state index in [1.54, 1.807) is 27.9 Å². The predicted molar refractivity (Wildman–Crippen MR) is 299 cm³/mol. The number of phenolic OH excluding ortho intramolecular Hbond substituents is 2. The van der Waals surface area contributed by atoms with Gasteiger partial charge in [-0.05, 0) is 81.2 Å². The molecule has 2 saturated heterocycles. The number of aliphatic carboxylic acids is 2. The number of fused-ring (bicyclic) bond motifs is 2. The molecular formula is C50H48N16O14S4. The first kappa shape index (κ1) is 59.3. The number of aromatic amines is 2. The largest absolute Gasteiger partial charge is 0.508 e. The van der Waals surface area contributed by atoms with Gasteiger partial charge in [0, 0.05) is 73.0 Å². The van der Waals surface area contributed by atoms with Crippen molar-refractivity contribution in [3.8, 4) is 11.5 Å². The van der Waals surface area contributed by atoms with Crippen molar-refractivity contribution in [1.82, 2.24) is 81.4 Å². The highest BCUT2D eigenvalue weighted by atomic mass is 32.2. The third kappa shape index (κ3) is 12.5. The Morgan fingerprint density at radius 1 is 0.619 bits per heavy atom. The van der Waals surface area contributed by atoms with Crippen LogP contribution in [0, 0.1) is 13.8 Å². The van der Waals surface area contributed by atoms with Crippen LogP contribution in [0.15, 0.2) is 115 Å². The van der Waals surface area contributed by atoms with E-state index in [2.05, 4.69) is 62.3 Å². The van der Waals surface area contributed by atoms with Gasteiger partial charge in [0.05, 0.1) is 0 Å². The van der Waals surface area contributed by atoms with E-state index in [9.17, 15) is 68.4 Å².